The molecule has 0 saturated heterocycles. The summed E-state index contributed by atoms with van der Waals surface area (Å²) in [5, 5.41) is 0. The summed E-state index contributed by atoms with van der Waals surface area (Å²) in [6.07, 6.45) is -1.74. The Labute approximate surface area is 106 Å². The first kappa shape index (κ1) is 16.5. The minimum Gasteiger partial charge on any atom is -0.436 e. The smallest absolute Gasteiger partial charge is 0.436 e. The van der Waals surface area contributed by atoms with Gasteiger partial charge in [-0.25, -0.2) is 9.59 Å². The van der Waals surface area contributed by atoms with Gasteiger partial charge in [0.2, 0.25) is 0 Å². The van der Waals surface area contributed by atoms with Crippen LogP contribution in [0.5, 0.6) is 0 Å². The zero-order valence-corrected chi connectivity index (χ0v) is 11.4. The third-order valence-corrected chi connectivity index (χ3v) is 2.67. The Balaban J connectivity index is 4.44. The van der Waals surface area contributed by atoms with E-state index in [0.29, 0.717) is 0 Å². The molecule has 0 spiro atoms. The second-order valence-corrected chi connectivity index (χ2v) is 4.57. The summed E-state index contributed by atoms with van der Waals surface area (Å²) in [7, 11) is 2.39. The van der Waals surface area contributed by atoms with Crippen molar-refractivity contribution in [3.63, 3.8) is 0 Å². The molecule has 18 heavy (non-hydrogen) atoms. The summed E-state index contributed by atoms with van der Waals surface area (Å²) in [6.45, 7) is 6.96. The largest absolute Gasteiger partial charge is 0.527 e. The molecule has 0 aliphatic heterocycles. The minimum absolute atomic E-state index is 0.755. The van der Waals surface area contributed by atoms with Crippen LogP contribution in [0.2, 0.25) is 0 Å². The van der Waals surface area contributed by atoms with Gasteiger partial charge in [0.25, 0.3) is 0 Å². The molecule has 0 amide bonds. The maximum absolute atomic E-state index is 10.9. The molecule has 0 aliphatic carbocycles. The van der Waals surface area contributed by atoms with E-state index in [4.69, 9.17) is 0 Å². The van der Waals surface area contributed by atoms with Crippen molar-refractivity contribution < 1.29 is 28.7 Å². The maximum Gasteiger partial charge on any atom is 0.527 e. The number of methoxy groups -OCH3 is 2. The highest BCUT2D eigenvalue weighted by Gasteiger charge is 2.40. The van der Waals surface area contributed by atoms with Crippen LogP contribution < -0.4 is 11.0 Å². The van der Waals surface area contributed by atoms with E-state index in [1.165, 1.54) is 14.2 Å². The summed E-state index contributed by atoms with van der Waals surface area (Å²) in [4.78, 5) is 31.0. The quantitative estimate of drug-likeness (QED) is 0.563. The van der Waals surface area contributed by atoms with Gasteiger partial charge in [-0.05, 0) is 27.7 Å². The molecule has 0 unspecified atom stereocenters. The van der Waals surface area contributed by atoms with Crippen LogP contribution in [0, 0.1) is 0 Å². The van der Waals surface area contributed by atoms with Gasteiger partial charge >= 0.3 is 12.3 Å². The molecule has 106 valence electrons. The van der Waals surface area contributed by atoms with Crippen LogP contribution >= 0.6 is 0 Å². The summed E-state index contributed by atoms with van der Waals surface area (Å²) >= 11 is 0. The molecule has 0 bridgehead atoms. The summed E-state index contributed by atoms with van der Waals surface area (Å²) in [5.74, 6) is 0. The standard InChI is InChI=1S/C10H20N2O6/c1-9(2,11-17-7(13)15-5)10(3,4)12-18-8(14)16-6/h11-12H,1-6H3. The lowest BCUT2D eigenvalue weighted by Crippen LogP contribution is -2.63. The molecule has 0 aromatic heterocycles. The van der Waals surface area contributed by atoms with Crippen LogP contribution in [0.3, 0.4) is 0 Å². The fourth-order valence-electron chi connectivity index (χ4n) is 0.677. The average Bonchev–Trinajstić information content (AvgIpc) is 2.32. The molecule has 0 fully saturated rings. The molecule has 8 nitrogen and oxygen atoms in total. The van der Waals surface area contributed by atoms with Gasteiger partial charge in [0.05, 0.1) is 25.3 Å². The van der Waals surface area contributed by atoms with E-state index in [1.807, 2.05) is 0 Å². The lowest BCUT2D eigenvalue weighted by Gasteiger charge is -2.40. The molecule has 0 aliphatic rings. The van der Waals surface area contributed by atoms with Crippen molar-refractivity contribution in [3.05, 3.63) is 0 Å². The number of carbonyl (C=O) groups is 2. The van der Waals surface area contributed by atoms with Crippen LogP contribution in [0.4, 0.5) is 9.59 Å². The van der Waals surface area contributed by atoms with E-state index < -0.39 is 23.4 Å². The normalized spacial score (nSPS) is 11.7. The Bertz CT molecular complexity index is 273. The molecule has 0 heterocycles. The highest BCUT2D eigenvalue weighted by Crippen LogP contribution is 2.21. The van der Waals surface area contributed by atoms with Crippen LogP contribution in [0.15, 0.2) is 0 Å². The molecule has 0 rings (SSSR count). The number of carbonyl (C=O) groups excluding carboxylic acids is 2. The summed E-state index contributed by atoms with van der Waals surface area (Å²) < 4.78 is 8.65. The summed E-state index contributed by atoms with van der Waals surface area (Å²) in [5.41, 5.74) is 3.54. The Hall–Kier alpha value is -1.54. The molecule has 0 aromatic carbocycles. The number of rotatable bonds is 5. The van der Waals surface area contributed by atoms with Crippen LogP contribution in [0.25, 0.3) is 0 Å². The lowest BCUT2D eigenvalue weighted by molar-refractivity contribution is -0.0690. The number of hydroxylamine groups is 2. The van der Waals surface area contributed by atoms with E-state index in [1.54, 1.807) is 27.7 Å². The molecular formula is C10H20N2O6. The van der Waals surface area contributed by atoms with Gasteiger partial charge in [-0.3, -0.25) is 0 Å². The molecular weight excluding hydrogens is 244 g/mol. The SMILES string of the molecule is COC(=O)ONC(C)(C)C(C)(C)NOC(=O)OC. The van der Waals surface area contributed by atoms with E-state index in [0.717, 1.165) is 0 Å². The third kappa shape index (κ3) is 4.76. The van der Waals surface area contributed by atoms with Gasteiger partial charge in [-0.15, -0.1) is 11.0 Å². The van der Waals surface area contributed by atoms with E-state index in [9.17, 15) is 9.59 Å². The van der Waals surface area contributed by atoms with Crippen LogP contribution in [-0.4, -0.2) is 37.6 Å². The predicted molar refractivity (Wildman–Crippen MR) is 61.4 cm³/mol. The highest BCUT2D eigenvalue weighted by molar-refractivity contribution is 5.59. The topological polar surface area (TPSA) is 95.1 Å². The molecule has 0 aromatic rings. The van der Waals surface area contributed by atoms with Crippen molar-refractivity contribution in [2.24, 2.45) is 0 Å². The third-order valence-electron chi connectivity index (χ3n) is 2.67. The Morgan fingerprint density at radius 1 is 0.778 bits per heavy atom. The van der Waals surface area contributed by atoms with Crippen molar-refractivity contribution in [2.75, 3.05) is 14.2 Å². The molecule has 8 heteroatoms. The van der Waals surface area contributed by atoms with Crippen molar-refractivity contribution in [1.82, 2.24) is 11.0 Å². The second kappa shape index (κ2) is 6.41. The molecule has 0 radical (unpaired) electrons. The van der Waals surface area contributed by atoms with Gasteiger partial charge in [-0.2, -0.15) is 0 Å². The van der Waals surface area contributed by atoms with Crippen molar-refractivity contribution in [1.29, 1.82) is 0 Å². The Kier molecular flexibility index (Phi) is 5.86. The molecule has 0 saturated carbocycles. The van der Waals surface area contributed by atoms with Crippen molar-refractivity contribution >= 4 is 12.3 Å². The van der Waals surface area contributed by atoms with Gasteiger partial charge in [0.1, 0.15) is 0 Å². The number of ether oxygens (including phenoxy) is 2. The zero-order valence-electron chi connectivity index (χ0n) is 11.4. The first-order chi connectivity index (χ1) is 8.16. The first-order valence-corrected chi connectivity index (χ1v) is 5.20. The van der Waals surface area contributed by atoms with Crippen LogP contribution in [-0.2, 0) is 19.1 Å². The van der Waals surface area contributed by atoms with Gasteiger partial charge in [0.15, 0.2) is 0 Å². The van der Waals surface area contributed by atoms with Gasteiger partial charge in [0, 0.05) is 0 Å². The fourth-order valence-corrected chi connectivity index (χ4v) is 0.677. The summed E-state index contributed by atoms with van der Waals surface area (Å²) in [6, 6.07) is 0. The van der Waals surface area contributed by atoms with Crippen LogP contribution in [0.1, 0.15) is 27.7 Å². The van der Waals surface area contributed by atoms with Gasteiger partial charge < -0.3 is 19.1 Å². The Morgan fingerprint density at radius 3 is 1.28 bits per heavy atom. The van der Waals surface area contributed by atoms with Crippen molar-refractivity contribution in [2.45, 2.75) is 38.8 Å². The van der Waals surface area contributed by atoms with E-state index in [-0.39, 0.29) is 0 Å². The second-order valence-electron chi connectivity index (χ2n) is 4.57. The average molecular weight is 264 g/mol. The van der Waals surface area contributed by atoms with Crippen molar-refractivity contribution in [3.8, 4) is 0 Å². The zero-order chi connectivity index (χ0) is 14.4. The first-order valence-electron chi connectivity index (χ1n) is 5.20. The Morgan fingerprint density at radius 2 is 1.06 bits per heavy atom. The monoisotopic (exact) mass is 264 g/mol. The van der Waals surface area contributed by atoms with Gasteiger partial charge in [-0.1, -0.05) is 0 Å². The number of nitrogens with one attached hydrogen (secondary N) is 2. The number of hydrogen-bond donors (Lipinski definition) is 2. The molecule has 0 atom stereocenters. The predicted octanol–water partition coefficient (Wildman–Crippen LogP) is 1.12. The van der Waals surface area contributed by atoms with E-state index in [2.05, 4.69) is 30.1 Å². The maximum atomic E-state index is 10.9. The lowest BCUT2D eigenvalue weighted by atomic mass is 9.84. The molecule has 2 N–H and O–H groups in total. The fraction of sp³-hybridized carbons (Fsp3) is 0.800. The highest BCUT2D eigenvalue weighted by atomic mass is 16.8. The number of hydrogen-bond acceptors (Lipinski definition) is 8. The van der Waals surface area contributed by atoms with E-state index >= 15 is 0 Å². The minimum atomic E-state index is -0.868.